The summed E-state index contributed by atoms with van der Waals surface area (Å²) in [5, 5.41) is 59.9. The molecule has 6 N–H and O–H groups in total. The highest BCUT2D eigenvalue weighted by Crippen LogP contribution is 2.44. The third-order valence-corrected chi connectivity index (χ3v) is 6.86. The fourth-order valence-electron chi connectivity index (χ4n) is 4.86. The van der Waals surface area contributed by atoms with Crippen LogP contribution in [0.1, 0.15) is 12.0 Å². The highest BCUT2D eigenvalue weighted by Gasteiger charge is 2.52. The van der Waals surface area contributed by atoms with Crippen molar-refractivity contribution in [3.05, 3.63) is 53.3 Å². The molecule has 1 aliphatic carbocycles. The molecule has 0 amide bonds. The van der Waals surface area contributed by atoms with Crippen molar-refractivity contribution in [1.82, 2.24) is 0 Å². The summed E-state index contributed by atoms with van der Waals surface area (Å²) in [4.78, 5) is 35.8. The number of aromatic hydroxyl groups is 1. The summed E-state index contributed by atoms with van der Waals surface area (Å²) in [5.74, 6) is -5.31. The average molecular weight is 564 g/mol. The van der Waals surface area contributed by atoms with Gasteiger partial charge in [-0.3, -0.25) is 0 Å². The zero-order valence-corrected chi connectivity index (χ0v) is 21.0. The summed E-state index contributed by atoms with van der Waals surface area (Å²) >= 11 is 0. The van der Waals surface area contributed by atoms with E-state index in [0.29, 0.717) is 5.56 Å². The Morgan fingerprint density at radius 2 is 1.80 bits per heavy atom. The van der Waals surface area contributed by atoms with Gasteiger partial charge < -0.3 is 54.3 Å². The number of carbonyl (C=O) groups excluding carboxylic acids is 1. The minimum atomic E-state index is -1.84. The normalized spacial score (nSPS) is 31.5. The number of hydrogen-bond acceptors (Lipinski definition) is 12. The van der Waals surface area contributed by atoms with Crippen LogP contribution < -0.4 is 4.74 Å². The number of rotatable bonds is 9. The molecule has 40 heavy (non-hydrogen) atoms. The number of ether oxygens (including phenoxy) is 5. The first-order chi connectivity index (χ1) is 19.0. The molecule has 0 spiro atoms. The minimum absolute atomic E-state index is 0.100. The first-order valence-electron chi connectivity index (χ1n) is 12.1. The first-order valence-corrected chi connectivity index (χ1v) is 12.1. The molecular weight excluding hydrogens is 536 g/mol. The average Bonchev–Trinajstić information content (AvgIpc) is 3.38. The number of fused-ring (bicyclic) bond motifs is 1. The maximum Gasteiger partial charge on any atom is 0.335 e. The van der Waals surface area contributed by atoms with Gasteiger partial charge in [0.15, 0.2) is 23.9 Å². The Balaban J connectivity index is 1.45. The summed E-state index contributed by atoms with van der Waals surface area (Å²) in [6.45, 7) is -0.763. The molecule has 8 atom stereocenters. The summed E-state index contributed by atoms with van der Waals surface area (Å²) in [5.41, 5.74) is 0.185. The van der Waals surface area contributed by atoms with Crippen molar-refractivity contribution in [2.75, 3.05) is 13.7 Å². The minimum Gasteiger partial charge on any atom is -0.504 e. The smallest absolute Gasteiger partial charge is 0.335 e. The Labute approximate surface area is 226 Å². The summed E-state index contributed by atoms with van der Waals surface area (Å²) in [7, 11) is 1.36. The molecule has 0 bridgehead atoms. The van der Waals surface area contributed by atoms with Crippen molar-refractivity contribution in [3.8, 4) is 11.5 Å². The van der Waals surface area contributed by atoms with Gasteiger partial charge in [-0.25, -0.2) is 14.4 Å². The van der Waals surface area contributed by atoms with Crippen LogP contribution in [0.5, 0.6) is 11.5 Å². The monoisotopic (exact) mass is 564 g/mol. The number of carbonyl (C=O) groups is 3. The predicted molar refractivity (Wildman–Crippen MR) is 130 cm³/mol. The second-order valence-electron chi connectivity index (χ2n) is 9.22. The molecule has 8 unspecified atom stereocenters. The van der Waals surface area contributed by atoms with Gasteiger partial charge in [0.2, 0.25) is 6.29 Å². The third kappa shape index (κ3) is 5.80. The SMILES string of the molecule is COc1cc(C=CC(=O)OC2C(CO)OC(OC3OC=C(C(=O)O)C4CC=C(C(=O)O)C34)C(O)C2O)ccc1O. The number of benzene rings is 1. The van der Waals surface area contributed by atoms with Gasteiger partial charge in [0.25, 0.3) is 0 Å². The number of phenolic OH excluding ortho intramolecular Hbond substituents is 1. The number of phenols is 1. The van der Waals surface area contributed by atoms with Crippen LogP contribution in [-0.4, -0.2) is 99.3 Å². The van der Waals surface area contributed by atoms with Crippen molar-refractivity contribution < 1.29 is 68.7 Å². The van der Waals surface area contributed by atoms with Gasteiger partial charge >= 0.3 is 17.9 Å². The molecule has 0 aromatic heterocycles. The Morgan fingerprint density at radius 3 is 2.45 bits per heavy atom. The van der Waals surface area contributed by atoms with E-state index in [9.17, 15) is 45.0 Å². The highest BCUT2D eigenvalue weighted by atomic mass is 16.8. The van der Waals surface area contributed by atoms with E-state index >= 15 is 0 Å². The number of hydrogen-bond donors (Lipinski definition) is 6. The quantitative estimate of drug-likeness (QED) is 0.168. The number of allylic oxidation sites excluding steroid dienone is 1. The van der Waals surface area contributed by atoms with E-state index in [2.05, 4.69) is 0 Å². The van der Waals surface area contributed by atoms with Crippen LogP contribution in [0.25, 0.3) is 6.08 Å². The van der Waals surface area contributed by atoms with E-state index in [0.717, 1.165) is 12.3 Å². The molecular formula is C26H28O14. The first kappa shape index (κ1) is 29.0. The van der Waals surface area contributed by atoms with Crippen molar-refractivity contribution in [2.45, 2.75) is 43.4 Å². The van der Waals surface area contributed by atoms with Crippen molar-refractivity contribution in [3.63, 3.8) is 0 Å². The zero-order chi connectivity index (χ0) is 29.1. The topological polar surface area (TPSA) is 219 Å². The van der Waals surface area contributed by atoms with E-state index in [1.165, 1.54) is 37.5 Å². The lowest BCUT2D eigenvalue weighted by Gasteiger charge is -2.43. The number of carboxylic acids is 2. The molecule has 4 rings (SSSR count). The lowest BCUT2D eigenvalue weighted by atomic mass is 9.83. The van der Waals surface area contributed by atoms with Crippen LogP contribution in [0.4, 0.5) is 0 Å². The van der Waals surface area contributed by atoms with Crippen molar-refractivity contribution >= 4 is 24.0 Å². The molecule has 216 valence electrons. The number of aliphatic carboxylic acids is 2. The molecule has 14 nitrogen and oxygen atoms in total. The molecule has 1 saturated heterocycles. The van der Waals surface area contributed by atoms with Gasteiger partial charge in [-0.1, -0.05) is 12.1 Å². The highest BCUT2D eigenvalue weighted by molar-refractivity contribution is 5.91. The van der Waals surface area contributed by atoms with E-state index in [1.807, 2.05) is 0 Å². The van der Waals surface area contributed by atoms with Crippen LogP contribution in [0, 0.1) is 11.8 Å². The molecule has 0 radical (unpaired) electrons. The van der Waals surface area contributed by atoms with E-state index in [1.54, 1.807) is 0 Å². The molecule has 3 aliphatic rings. The molecule has 2 heterocycles. The van der Waals surface area contributed by atoms with Gasteiger partial charge in [-0.05, 0) is 30.2 Å². The Bertz CT molecular complexity index is 1230. The fourth-order valence-corrected chi connectivity index (χ4v) is 4.86. The maximum absolute atomic E-state index is 12.4. The fraction of sp³-hybridized carbons (Fsp3) is 0.423. The number of aliphatic hydroxyl groups excluding tert-OH is 3. The Morgan fingerprint density at radius 1 is 1.07 bits per heavy atom. The number of carboxylic acid groups (broad SMARTS) is 2. The van der Waals surface area contributed by atoms with Crippen LogP contribution in [-0.2, 0) is 33.3 Å². The van der Waals surface area contributed by atoms with Crippen molar-refractivity contribution in [1.29, 1.82) is 0 Å². The van der Waals surface area contributed by atoms with Gasteiger partial charge in [0, 0.05) is 17.6 Å². The predicted octanol–water partition coefficient (Wildman–Crippen LogP) is -0.247. The summed E-state index contributed by atoms with van der Waals surface area (Å²) < 4.78 is 26.8. The standard InChI is InChI=1S/C26H28O14/c1-36-16-8-11(2-6-15(16)28)3-7-18(29)39-22-17(9-27)38-26(21(31)20(22)30)40-25-19-12(4-5-13(19)23(32)33)14(10-37-25)24(34)35/h2-3,5-8,10,12,17,19-22,25-28,30-31H,4,9H2,1H3,(H,32,33)(H,34,35). The van der Waals surface area contributed by atoms with Crippen LogP contribution >= 0.6 is 0 Å². The van der Waals surface area contributed by atoms with Gasteiger partial charge in [-0.15, -0.1) is 0 Å². The van der Waals surface area contributed by atoms with Gasteiger partial charge in [0.1, 0.15) is 18.3 Å². The second kappa shape index (κ2) is 12.1. The largest absolute Gasteiger partial charge is 0.504 e. The zero-order valence-electron chi connectivity index (χ0n) is 21.0. The molecule has 0 saturated carbocycles. The number of esters is 1. The van der Waals surface area contributed by atoms with E-state index < -0.39 is 73.3 Å². The lowest BCUT2D eigenvalue weighted by Crippen LogP contribution is -2.61. The summed E-state index contributed by atoms with van der Waals surface area (Å²) in [6, 6.07) is 4.32. The van der Waals surface area contributed by atoms with Crippen LogP contribution in [0.2, 0.25) is 0 Å². The molecule has 1 aromatic rings. The van der Waals surface area contributed by atoms with Crippen molar-refractivity contribution in [2.24, 2.45) is 11.8 Å². The maximum atomic E-state index is 12.4. The third-order valence-electron chi connectivity index (χ3n) is 6.86. The number of methoxy groups -OCH3 is 1. The molecule has 2 aliphatic heterocycles. The Hall–Kier alpha value is -3.95. The van der Waals surface area contributed by atoms with Crippen LogP contribution in [0.3, 0.4) is 0 Å². The second-order valence-corrected chi connectivity index (χ2v) is 9.22. The molecule has 1 fully saturated rings. The molecule has 14 heteroatoms. The Kier molecular flexibility index (Phi) is 8.76. The van der Waals surface area contributed by atoms with Crippen LogP contribution in [0.15, 0.2) is 47.8 Å². The molecule has 1 aromatic carbocycles. The summed E-state index contributed by atoms with van der Waals surface area (Å²) in [6.07, 6.45) is -4.83. The van der Waals surface area contributed by atoms with E-state index in [-0.39, 0.29) is 29.1 Å². The van der Waals surface area contributed by atoms with Gasteiger partial charge in [0.05, 0.1) is 31.5 Å². The van der Waals surface area contributed by atoms with Gasteiger partial charge in [-0.2, -0.15) is 0 Å². The lowest BCUT2D eigenvalue weighted by molar-refractivity contribution is -0.340. The van der Waals surface area contributed by atoms with E-state index in [4.69, 9.17) is 23.7 Å². The number of aliphatic hydroxyl groups is 3.